The molecule has 0 aliphatic heterocycles. The van der Waals surface area contributed by atoms with E-state index in [4.69, 9.17) is 24.5 Å². The topological polar surface area (TPSA) is 95.9 Å². The number of aliphatic carboxylic acids is 2. The molecule has 6 nitrogen and oxygen atoms in total. The number of hydrogen-bond donors (Lipinski definition) is 3. The summed E-state index contributed by atoms with van der Waals surface area (Å²) in [5.74, 6) is -2.74. The van der Waals surface area contributed by atoms with Crippen molar-refractivity contribution < 1.29 is 24.5 Å². The molecule has 1 rings (SSSR count). The quantitative estimate of drug-likeness (QED) is 0.392. The first-order chi connectivity index (χ1) is 9.97. The van der Waals surface area contributed by atoms with E-state index in [0.29, 0.717) is 0 Å². The molecule has 1 aromatic carbocycles. The molecule has 0 atom stereocenters. The fourth-order valence-electron chi connectivity index (χ4n) is 1.15. The van der Waals surface area contributed by atoms with Crippen molar-refractivity contribution >= 4 is 27.9 Å². The maximum absolute atomic E-state index is 9.10. The van der Waals surface area contributed by atoms with Gasteiger partial charge in [-0.2, -0.15) is 0 Å². The number of carbonyl (C=O) groups is 2. The fourth-order valence-corrected chi connectivity index (χ4v) is 1.53. The Bertz CT molecular complexity index is 452. The highest BCUT2D eigenvalue weighted by molar-refractivity contribution is 9.10. The lowest BCUT2D eigenvalue weighted by Crippen LogP contribution is -2.17. The molecular formula is C14H18BrNO5. The monoisotopic (exact) mass is 359 g/mol. The molecule has 0 aromatic heterocycles. The summed E-state index contributed by atoms with van der Waals surface area (Å²) >= 11 is 3.40. The van der Waals surface area contributed by atoms with Crippen LogP contribution in [0.4, 0.5) is 0 Å². The minimum atomic E-state index is -1.82. The first kappa shape index (κ1) is 19.1. The highest BCUT2D eigenvalue weighted by Crippen LogP contribution is 2.17. The summed E-state index contributed by atoms with van der Waals surface area (Å²) in [5, 5.41) is 18.0. The fraction of sp³-hybridized carbons (Fsp3) is 0.286. The highest BCUT2D eigenvalue weighted by atomic mass is 79.9. The van der Waals surface area contributed by atoms with Crippen molar-refractivity contribution in [2.45, 2.75) is 6.42 Å². The predicted octanol–water partition coefficient (Wildman–Crippen LogP) is 2.15. The summed E-state index contributed by atoms with van der Waals surface area (Å²) in [7, 11) is 0. The third-order valence-electron chi connectivity index (χ3n) is 2.03. The van der Waals surface area contributed by atoms with Gasteiger partial charge in [-0.1, -0.05) is 28.1 Å². The van der Waals surface area contributed by atoms with E-state index < -0.39 is 11.9 Å². The van der Waals surface area contributed by atoms with Crippen molar-refractivity contribution in [1.82, 2.24) is 5.32 Å². The summed E-state index contributed by atoms with van der Waals surface area (Å²) in [6.45, 7) is 6.19. The van der Waals surface area contributed by atoms with Crippen molar-refractivity contribution in [3.8, 4) is 5.75 Å². The maximum Gasteiger partial charge on any atom is 0.414 e. The van der Waals surface area contributed by atoms with Gasteiger partial charge in [-0.3, -0.25) is 0 Å². The van der Waals surface area contributed by atoms with E-state index in [1.54, 1.807) is 0 Å². The molecule has 0 saturated heterocycles. The zero-order valence-electron chi connectivity index (χ0n) is 11.4. The van der Waals surface area contributed by atoms with Crippen LogP contribution in [-0.2, 0) is 9.59 Å². The Labute approximate surface area is 131 Å². The molecule has 0 bridgehead atoms. The Hall–Kier alpha value is -1.86. The molecule has 21 heavy (non-hydrogen) atoms. The van der Waals surface area contributed by atoms with Crippen molar-refractivity contribution in [3.63, 3.8) is 0 Å². The zero-order valence-corrected chi connectivity index (χ0v) is 13.0. The number of hydrogen-bond acceptors (Lipinski definition) is 4. The number of rotatable bonds is 7. The van der Waals surface area contributed by atoms with Gasteiger partial charge in [-0.05, 0) is 31.2 Å². The molecule has 7 heteroatoms. The number of carboxylic acids is 2. The van der Waals surface area contributed by atoms with Crippen LogP contribution in [0.5, 0.6) is 5.75 Å². The van der Waals surface area contributed by atoms with Crippen molar-refractivity contribution in [2.75, 3.05) is 19.7 Å². The van der Waals surface area contributed by atoms with E-state index in [0.717, 1.165) is 36.3 Å². The Morgan fingerprint density at radius 1 is 1.33 bits per heavy atom. The molecule has 0 amide bonds. The lowest BCUT2D eigenvalue weighted by atomic mass is 10.3. The zero-order chi connectivity index (χ0) is 16.1. The van der Waals surface area contributed by atoms with Crippen LogP contribution in [0.1, 0.15) is 6.42 Å². The van der Waals surface area contributed by atoms with Gasteiger partial charge < -0.3 is 20.3 Å². The van der Waals surface area contributed by atoms with Gasteiger partial charge in [0, 0.05) is 11.0 Å². The molecule has 3 N–H and O–H groups in total. The Balaban J connectivity index is 0.000000567. The van der Waals surface area contributed by atoms with E-state index in [1.807, 2.05) is 30.3 Å². The van der Waals surface area contributed by atoms with Crippen LogP contribution >= 0.6 is 15.9 Å². The number of halogens is 1. The minimum Gasteiger partial charge on any atom is -0.494 e. The van der Waals surface area contributed by atoms with Gasteiger partial charge in [0.2, 0.25) is 0 Å². The summed E-state index contributed by atoms with van der Waals surface area (Å²) in [6, 6.07) is 7.88. The van der Waals surface area contributed by atoms with E-state index in [9.17, 15) is 0 Å². The molecule has 0 spiro atoms. The number of nitrogens with one attached hydrogen (secondary N) is 1. The summed E-state index contributed by atoms with van der Waals surface area (Å²) in [6.07, 6.45) is 2.86. The standard InChI is InChI=1S/C12H16BrNO.C2H2O4/c1-2-7-14-8-4-9-15-12-6-3-5-11(13)10-12;3-1(4)2(5)6/h2-3,5-6,10,14H,1,4,7-9H2;(H,3,4)(H,5,6). The van der Waals surface area contributed by atoms with Crippen LogP contribution in [-0.4, -0.2) is 41.8 Å². The molecule has 0 heterocycles. The van der Waals surface area contributed by atoms with Gasteiger partial charge in [-0.25, -0.2) is 9.59 Å². The molecule has 0 radical (unpaired) electrons. The van der Waals surface area contributed by atoms with Gasteiger partial charge in [0.1, 0.15) is 5.75 Å². The van der Waals surface area contributed by atoms with E-state index in [-0.39, 0.29) is 0 Å². The largest absolute Gasteiger partial charge is 0.494 e. The SMILES string of the molecule is C=CCNCCCOc1cccc(Br)c1.O=C(O)C(=O)O. The summed E-state index contributed by atoms with van der Waals surface area (Å²) in [4.78, 5) is 18.2. The average molecular weight is 360 g/mol. The Morgan fingerprint density at radius 3 is 2.52 bits per heavy atom. The van der Waals surface area contributed by atoms with Gasteiger partial charge >= 0.3 is 11.9 Å². The maximum atomic E-state index is 9.10. The molecular weight excluding hydrogens is 342 g/mol. The third-order valence-corrected chi connectivity index (χ3v) is 2.53. The lowest BCUT2D eigenvalue weighted by molar-refractivity contribution is -0.159. The first-order valence-electron chi connectivity index (χ1n) is 6.13. The van der Waals surface area contributed by atoms with Crippen LogP contribution < -0.4 is 10.1 Å². The molecule has 0 unspecified atom stereocenters. The minimum absolute atomic E-state index is 0.737. The highest BCUT2D eigenvalue weighted by Gasteiger charge is 2.04. The average Bonchev–Trinajstić information content (AvgIpc) is 2.43. The van der Waals surface area contributed by atoms with Crippen molar-refractivity contribution in [1.29, 1.82) is 0 Å². The van der Waals surface area contributed by atoms with Crippen LogP contribution in [0.25, 0.3) is 0 Å². The first-order valence-corrected chi connectivity index (χ1v) is 6.93. The van der Waals surface area contributed by atoms with Gasteiger partial charge in [0.15, 0.2) is 0 Å². The van der Waals surface area contributed by atoms with Gasteiger partial charge in [0.05, 0.1) is 6.61 Å². The van der Waals surface area contributed by atoms with E-state index >= 15 is 0 Å². The number of carboxylic acid groups (broad SMARTS) is 2. The molecule has 0 aliphatic carbocycles. The molecule has 0 fully saturated rings. The Morgan fingerprint density at radius 2 is 2.00 bits per heavy atom. The molecule has 1 aromatic rings. The number of ether oxygens (including phenoxy) is 1. The van der Waals surface area contributed by atoms with Crippen LogP contribution in [0.2, 0.25) is 0 Å². The van der Waals surface area contributed by atoms with Crippen molar-refractivity contribution in [3.05, 3.63) is 41.4 Å². The number of benzene rings is 1. The van der Waals surface area contributed by atoms with Crippen LogP contribution in [0.15, 0.2) is 41.4 Å². The second-order valence-electron chi connectivity index (χ2n) is 3.76. The predicted molar refractivity (Wildman–Crippen MR) is 82.6 cm³/mol. The van der Waals surface area contributed by atoms with Crippen molar-refractivity contribution in [2.24, 2.45) is 0 Å². The molecule has 0 saturated carbocycles. The van der Waals surface area contributed by atoms with E-state index in [1.165, 1.54) is 0 Å². The summed E-state index contributed by atoms with van der Waals surface area (Å²) in [5.41, 5.74) is 0. The third kappa shape index (κ3) is 11.6. The summed E-state index contributed by atoms with van der Waals surface area (Å²) < 4.78 is 6.62. The lowest BCUT2D eigenvalue weighted by Gasteiger charge is -2.06. The second kappa shape index (κ2) is 11.9. The Kier molecular flexibility index (Phi) is 10.9. The smallest absolute Gasteiger partial charge is 0.414 e. The van der Waals surface area contributed by atoms with Gasteiger partial charge in [0.25, 0.3) is 0 Å². The second-order valence-corrected chi connectivity index (χ2v) is 4.68. The van der Waals surface area contributed by atoms with Gasteiger partial charge in [-0.15, -0.1) is 6.58 Å². The van der Waals surface area contributed by atoms with Crippen LogP contribution in [0, 0.1) is 0 Å². The van der Waals surface area contributed by atoms with Crippen LogP contribution in [0.3, 0.4) is 0 Å². The van der Waals surface area contributed by atoms with E-state index in [2.05, 4.69) is 27.8 Å². The molecule has 116 valence electrons. The normalized spacial score (nSPS) is 9.19. The molecule has 0 aliphatic rings.